The minimum absolute atomic E-state index is 0.0403. The molecule has 7 heteroatoms. The van der Waals surface area contributed by atoms with Crippen molar-refractivity contribution in [1.82, 2.24) is 14.5 Å². The van der Waals surface area contributed by atoms with Gasteiger partial charge in [0.25, 0.3) is 5.56 Å². The van der Waals surface area contributed by atoms with E-state index in [2.05, 4.69) is 9.97 Å². The summed E-state index contributed by atoms with van der Waals surface area (Å²) >= 11 is 0. The Morgan fingerprint density at radius 2 is 2.00 bits per heavy atom. The van der Waals surface area contributed by atoms with Crippen LogP contribution in [-0.4, -0.2) is 19.6 Å². The van der Waals surface area contributed by atoms with Crippen molar-refractivity contribution in [3.8, 4) is 0 Å². The van der Waals surface area contributed by atoms with Gasteiger partial charge in [-0.15, -0.1) is 0 Å². The van der Waals surface area contributed by atoms with Crippen molar-refractivity contribution in [3.05, 3.63) is 85.3 Å². The predicted molar refractivity (Wildman–Crippen MR) is 89.5 cm³/mol. The summed E-state index contributed by atoms with van der Waals surface area (Å²) in [4.78, 5) is 30.9. The molecule has 0 bridgehead atoms. The summed E-state index contributed by atoms with van der Waals surface area (Å²) in [5, 5.41) is 11.8. The monoisotopic (exact) mass is 339 g/mol. The van der Waals surface area contributed by atoms with Gasteiger partial charge in [-0.05, 0) is 17.5 Å². The number of oxazole rings is 1. The van der Waals surface area contributed by atoms with Gasteiger partial charge in [0, 0.05) is 26.6 Å². The first-order valence-electron chi connectivity index (χ1n) is 7.99. The fraction of sp³-hybridized carbons (Fsp3) is 0.278. The molecule has 0 saturated carbocycles. The lowest BCUT2D eigenvalue weighted by molar-refractivity contribution is 0.117. The predicted octanol–water partition coefficient (Wildman–Crippen LogP) is 0.753. The third-order valence-electron chi connectivity index (χ3n) is 4.67. The zero-order valence-electron chi connectivity index (χ0n) is 13.9. The molecule has 2 N–H and O–H groups in total. The van der Waals surface area contributed by atoms with E-state index in [1.165, 1.54) is 17.8 Å². The zero-order valence-corrected chi connectivity index (χ0v) is 13.9. The van der Waals surface area contributed by atoms with Gasteiger partial charge in [0.1, 0.15) is 11.5 Å². The Kier molecular flexibility index (Phi) is 3.30. The maximum atomic E-state index is 12.5. The number of aromatic nitrogens is 3. The number of aliphatic hydroxyl groups is 1. The maximum Gasteiger partial charge on any atom is 0.328 e. The molecule has 1 aliphatic rings. The van der Waals surface area contributed by atoms with E-state index >= 15 is 0 Å². The molecule has 25 heavy (non-hydrogen) atoms. The van der Waals surface area contributed by atoms with E-state index in [1.54, 1.807) is 19.1 Å². The number of benzene rings is 1. The van der Waals surface area contributed by atoms with Crippen LogP contribution in [0.2, 0.25) is 0 Å². The molecule has 2 heterocycles. The van der Waals surface area contributed by atoms with Crippen molar-refractivity contribution < 1.29 is 9.52 Å². The maximum absolute atomic E-state index is 12.5. The summed E-state index contributed by atoms with van der Waals surface area (Å²) in [5.41, 5.74) is -1.16. The van der Waals surface area contributed by atoms with Crippen molar-refractivity contribution in [2.24, 2.45) is 7.05 Å². The van der Waals surface area contributed by atoms with Crippen LogP contribution in [0.1, 0.15) is 34.0 Å². The van der Waals surface area contributed by atoms with E-state index in [1.807, 2.05) is 12.1 Å². The highest BCUT2D eigenvalue weighted by Gasteiger charge is 2.44. The largest absolute Gasteiger partial charge is 0.446 e. The number of hydrogen-bond acceptors (Lipinski definition) is 5. The van der Waals surface area contributed by atoms with E-state index < -0.39 is 16.9 Å². The molecule has 0 saturated heterocycles. The first kappa shape index (κ1) is 15.6. The molecule has 1 atom stereocenters. The van der Waals surface area contributed by atoms with E-state index in [9.17, 15) is 14.7 Å². The smallest absolute Gasteiger partial charge is 0.328 e. The summed E-state index contributed by atoms with van der Waals surface area (Å²) < 4.78 is 6.91. The second-order valence-electron chi connectivity index (χ2n) is 6.29. The molecule has 2 aromatic heterocycles. The highest BCUT2D eigenvalue weighted by atomic mass is 16.4. The number of aryl methyl sites for hydroxylation is 4. The van der Waals surface area contributed by atoms with Gasteiger partial charge in [0.2, 0.25) is 0 Å². The summed E-state index contributed by atoms with van der Waals surface area (Å²) in [7, 11) is 1.52. The molecule has 1 aliphatic carbocycles. The number of nitrogens with zero attached hydrogens (tertiary/aromatic N) is 2. The van der Waals surface area contributed by atoms with Gasteiger partial charge >= 0.3 is 5.69 Å². The van der Waals surface area contributed by atoms with Crippen LogP contribution in [0, 0.1) is 6.92 Å². The summed E-state index contributed by atoms with van der Waals surface area (Å²) in [6, 6.07) is 7.38. The van der Waals surface area contributed by atoms with Crippen LogP contribution in [-0.2, 0) is 25.5 Å². The molecule has 128 valence electrons. The van der Waals surface area contributed by atoms with E-state index in [4.69, 9.17) is 4.42 Å². The topological polar surface area (TPSA) is 101 Å². The van der Waals surface area contributed by atoms with Gasteiger partial charge in [0.05, 0.1) is 5.56 Å². The van der Waals surface area contributed by atoms with Crippen molar-refractivity contribution in [2.45, 2.75) is 25.4 Å². The molecule has 0 spiro atoms. The molecule has 1 unspecified atom stereocenters. The van der Waals surface area contributed by atoms with E-state index in [0.717, 1.165) is 5.56 Å². The number of aromatic amines is 1. The minimum Gasteiger partial charge on any atom is -0.446 e. The molecule has 0 radical (unpaired) electrons. The Morgan fingerprint density at radius 3 is 2.80 bits per heavy atom. The fourth-order valence-corrected chi connectivity index (χ4v) is 3.48. The Hall–Kier alpha value is -2.93. The average molecular weight is 339 g/mol. The first-order chi connectivity index (χ1) is 11.9. The Bertz CT molecular complexity index is 1090. The minimum atomic E-state index is -1.79. The number of hydrogen-bond donors (Lipinski definition) is 2. The fourth-order valence-electron chi connectivity index (χ4n) is 3.48. The number of rotatable bonds is 1. The van der Waals surface area contributed by atoms with Crippen LogP contribution in [0.5, 0.6) is 0 Å². The second kappa shape index (κ2) is 5.29. The molecular weight excluding hydrogens is 322 g/mol. The van der Waals surface area contributed by atoms with Gasteiger partial charge in [0.15, 0.2) is 11.5 Å². The average Bonchev–Trinajstić information content (AvgIpc) is 2.92. The molecule has 1 aromatic carbocycles. The van der Waals surface area contributed by atoms with Gasteiger partial charge < -0.3 is 14.1 Å². The SMILES string of the molecule is Cc1nc2c(o1)CCc1ccccc1C2(O)c1cn(C)c(=O)[nH]c1=O. The lowest BCUT2D eigenvalue weighted by Gasteiger charge is -2.27. The van der Waals surface area contributed by atoms with Crippen molar-refractivity contribution in [3.63, 3.8) is 0 Å². The Balaban J connectivity index is 2.14. The summed E-state index contributed by atoms with van der Waals surface area (Å²) in [6.45, 7) is 1.70. The van der Waals surface area contributed by atoms with Crippen LogP contribution in [0.4, 0.5) is 0 Å². The van der Waals surface area contributed by atoms with Crippen LogP contribution in [0.3, 0.4) is 0 Å². The molecule has 0 aliphatic heterocycles. The van der Waals surface area contributed by atoms with Crippen LogP contribution in [0.25, 0.3) is 0 Å². The van der Waals surface area contributed by atoms with Crippen molar-refractivity contribution >= 4 is 0 Å². The standard InChI is InChI=1S/C18H17N3O4/c1-10-19-15-14(25-10)8-7-11-5-3-4-6-12(11)18(15,24)13-9-21(2)17(23)20-16(13)22/h3-6,9,24H,7-8H2,1-2H3,(H,20,22,23). The van der Waals surface area contributed by atoms with Gasteiger partial charge in [-0.1, -0.05) is 24.3 Å². The lowest BCUT2D eigenvalue weighted by Crippen LogP contribution is -2.41. The van der Waals surface area contributed by atoms with E-state index in [0.29, 0.717) is 35.7 Å². The second-order valence-corrected chi connectivity index (χ2v) is 6.29. The Morgan fingerprint density at radius 1 is 1.24 bits per heavy atom. The molecule has 3 aromatic rings. The quantitative estimate of drug-likeness (QED) is 0.681. The van der Waals surface area contributed by atoms with Crippen molar-refractivity contribution in [2.75, 3.05) is 0 Å². The number of nitrogens with one attached hydrogen (secondary N) is 1. The summed E-state index contributed by atoms with van der Waals surface area (Å²) in [6.07, 6.45) is 2.58. The van der Waals surface area contributed by atoms with Crippen LogP contribution in [0.15, 0.2) is 44.5 Å². The molecule has 7 nitrogen and oxygen atoms in total. The van der Waals surface area contributed by atoms with Gasteiger partial charge in [-0.3, -0.25) is 9.78 Å². The first-order valence-corrected chi connectivity index (χ1v) is 7.99. The number of H-pyrrole nitrogens is 1. The highest BCUT2D eigenvalue weighted by Crippen LogP contribution is 2.40. The van der Waals surface area contributed by atoms with Crippen LogP contribution >= 0.6 is 0 Å². The third-order valence-corrected chi connectivity index (χ3v) is 4.67. The highest BCUT2D eigenvalue weighted by molar-refractivity contribution is 5.49. The van der Waals surface area contributed by atoms with Crippen molar-refractivity contribution in [1.29, 1.82) is 0 Å². The normalized spacial score (nSPS) is 19.2. The molecule has 0 fully saturated rings. The lowest BCUT2D eigenvalue weighted by atomic mass is 9.83. The number of fused-ring (bicyclic) bond motifs is 2. The van der Waals surface area contributed by atoms with E-state index in [-0.39, 0.29) is 5.56 Å². The van der Waals surface area contributed by atoms with Crippen LogP contribution < -0.4 is 11.2 Å². The Labute approximate surface area is 142 Å². The molecule has 4 rings (SSSR count). The third kappa shape index (κ3) is 2.20. The summed E-state index contributed by atoms with van der Waals surface area (Å²) in [5.74, 6) is 0.966. The molecule has 0 amide bonds. The zero-order chi connectivity index (χ0) is 17.8. The van der Waals surface area contributed by atoms with Gasteiger partial charge in [-0.2, -0.15) is 0 Å². The molecular formula is C18H17N3O4. The van der Waals surface area contributed by atoms with Gasteiger partial charge in [-0.25, -0.2) is 9.78 Å².